The molecule has 0 rings (SSSR count). The molecule has 19 heavy (non-hydrogen) atoms. The Morgan fingerprint density at radius 3 is 1.32 bits per heavy atom. The second kappa shape index (κ2) is 40.4. The first-order valence-electron chi connectivity index (χ1n) is 5.49. The van der Waals surface area contributed by atoms with Crippen molar-refractivity contribution in [2.24, 2.45) is 0 Å². The first-order chi connectivity index (χ1) is 6.27. The minimum absolute atomic E-state index is 0. The number of carboxylic acids is 1. The van der Waals surface area contributed by atoms with Crippen molar-refractivity contribution in [1.82, 2.24) is 0 Å². The molecule has 0 aromatic carbocycles. The Labute approximate surface area is 318 Å². The number of carboxylic acid groups (broad SMARTS) is 1. The number of unbranched alkanes of at least 4 members (excludes halogenated alkanes) is 7. The molecule has 6 radical (unpaired) electrons. The summed E-state index contributed by atoms with van der Waals surface area (Å²) in [5, 5.41) is 8.39. The van der Waals surface area contributed by atoms with Gasteiger partial charge in [-0.1, -0.05) is 51.9 Å². The van der Waals surface area contributed by atoms with Gasteiger partial charge in [-0.15, -0.1) is 0 Å². The molecule has 0 aromatic heterocycles. The normalized spacial score (nSPS) is 7.00. The van der Waals surface area contributed by atoms with Gasteiger partial charge in [0.2, 0.25) is 0 Å². The van der Waals surface area contributed by atoms with Crippen molar-refractivity contribution in [1.29, 1.82) is 0 Å². The maximum atomic E-state index is 10.2. The molecule has 96 valence electrons. The van der Waals surface area contributed by atoms with Crippen LogP contribution in [0.5, 0.6) is 0 Å². The van der Waals surface area contributed by atoms with E-state index in [1.807, 2.05) is 0 Å². The van der Waals surface area contributed by atoms with E-state index in [-0.39, 0.29) is 248 Å². The van der Waals surface area contributed by atoms with E-state index in [1.165, 1.54) is 38.5 Å². The van der Waals surface area contributed by atoms with Gasteiger partial charge in [-0.05, 0) is 6.42 Å². The number of rotatable bonds is 9. The molecule has 0 heterocycles. The average molecular weight is 1030 g/mol. The molecular formula is C11H22O2Pr6. The zero-order chi connectivity index (χ0) is 9.94. The Hall–Kier alpha value is 7.65. The maximum absolute atomic E-state index is 10.2. The molecule has 0 aromatic rings. The predicted molar refractivity (Wildman–Crippen MR) is 54.9 cm³/mol. The minimum Gasteiger partial charge on any atom is -0.481 e. The first kappa shape index (κ1) is 45.4. The number of carbonyl (C=O) groups is 1. The van der Waals surface area contributed by atoms with Crippen molar-refractivity contribution in [3.63, 3.8) is 0 Å². The Balaban J connectivity index is -0.0000000480. The molecule has 0 aliphatic carbocycles. The second-order valence-corrected chi connectivity index (χ2v) is 3.62. The molecule has 0 amide bonds. The van der Waals surface area contributed by atoms with Gasteiger partial charge in [0.25, 0.3) is 0 Å². The van der Waals surface area contributed by atoms with Crippen molar-refractivity contribution >= 4 is 5.97 Å². The van der Waals surface area contributed by atoms with Gasteiger partial charge in [0.1, 0.15) is 0 Å². The fourth-order valence-corrected chi connectivity index (χ4v) is 1.41. The summed E-state index contributed by atoms with van der Waals surface area (Å²) in [7, 11) is 0. The fraction of sp³-hybridized carbons (Fsp3) is 0.909. The van der Waals surface area contributed by atoms with E-state index in [1.54, 1.807) is 0 Å². The smallest absolute Gasteiger partial charge is 0.303 e. The maximum Gasteiger partial charge on any atom is 0.303 e. The summed E-state index contributed by atoms with van der Waals surface area (Å²) in [5.74, 6) is -0.661. The molecule has 0 aliphatic rings. The van der Waals surface area contributed by atoms with E-state index in [0.29, 0.717) is 6.42 Å². The van der Waals surface area contributed by atoms with Crippen LogP contribution in [-0.4, -0.2) is 11.1 Å². The van der Waals surface area contributed by atoms with Gasteiger partial charge < -0.3 is 5.11 Å². The summed E-state index contributed by atoms with van der Waals surface area (Å²) in [6, 6.07) is 0. The Bertz CT molecular complexity index is 138. The summed E-state index contributed by atoms with van der Waals surface area (Å²) in [4.78, 5) is 10.2. The summed E-state index contributed by atoms with van der Waals surface area (Å²) in [5.41, 5.74) is 0. The van der Waals surface area contributed by atoms with Crippen LogP contribution in [0.4, 0.5) is 0 Å². The molecule has 0 atom stereocenters. The van der Waals surface area contributed by atoms with Gasteiger partial charge in [-0.25, -0.2) is 0 Å². The van der Waals surface area contributed by atoms with Gasteiger partial charge in [0.05, 0.1) is 0 Å². The van der Waals surface area contributed by atoms with E-state index < -0.39 is 5.97 Å². The molecule has 8 heteroatoms. The molecule has 0 fully saturated rings. The summed E-state index contributed by atoms with van der Waals surface area (Å²) >= 11 is 0. The molecule has 0 unspecified atom stereocenters. The SMILES string of the molecule is CCCCCCCCCCC(=O)O.[Pr].[Pr].[Pr].[Pr].[Pr].[Pr]. The third-order valence-corrected chi connectivity index (χ3v) is 2.24. The van der Waals surface area contributed by atoms with Crippen molar-refractivity contribution < 1.29 is 258 Å². The van der Waals surface area contributed by atoms with Crippen LogP contribution in [0.25, 0.3) is 0 Å². The molecule has 1 N–H and O–H groups in total. The van der Waals surface area contributed by atoms with Gasteiger partial charge in [0, 0.05) is 254 Å². The molecule has 0 saturated heterocycles. The average Bonchev–Trinajstić information content (AvgIpc) is 2.09. The Morgan fingerprint density at radius 1 is 0.684 bits per heavy atom. The van der Waals surface area contributed by atoms with Crippen LogP contribution in [-0.2, 0) is 4.79 Å². The van der Waals surface area contributed by atoms with Crippen molar-refractivity contribution in [2.45, 2.75) is 64.7 Å². The molecule has 0 spiro atoms. The number of hydrogen-bond acceptors (Lipinski definition) is 1. The molecule has 2 nitrogen and oxygen atoms in total. The number of hydrogen-bond donors (Lipinski definition) is 1. The topological polar surface area (TPSA) is 37.3 Å². The van der Waals surface area contributed by atoms with E-state index in [0.717, 1.165) is 12.8 Å². The van der Waals surface area contributed by atoms with Crippen LogP contribution >= 0.6 is 0 Å². The predicted octanol–water partition coefficient (Wildman–Crippen LogP) is 3.60. The standard InChI is InChI=1S/C11H22O2.6Pr/c1-2-3-4-5-6-7-8-9-10-11(12)13;;;;;;/h2-10H2,1H3,(H,12,13);;;;;;. The third kappa shape index (κ3) is 46.1. The molecular weight excluding hydrogens is 1010 g/mol. The third-order valence-electron chi connectivity index (χ3n) is 2.24. The van der Waals surface area contributed by atoms with Crippen LogP contribution in [0.15, 0.2) is 0 Å². The van der Waals surface area contributed by atoms with E-state index >= 15 is 0 Å². The van der Waals surface area contributed by atoms with Gasteiger partial charge in [0.15, 0.2) is 0 Å². The van der Waals surface area contributed by atoms with Crippen LogP contribution < -0.4 is 0 Å². The van der Waals surface area contributed by atoms with Gasteiger partial charge in [-0.2, -0.15) is 0 Å². The molecule has 0 saturated carbocycles. The van der Waals surface area contributed by atoms with Crippen molar-refractivity contribution in [3.05, 3.63) is 0 Å². The monoisotopic (exact) mass is 1030 g/mol. The minimum atomic E-state index is -0.661. The van der Waals surface area contributed by atoms with Crippen molar-refractivity contribution in [3.8, 4) is 0 Å². The number of aliphatic carboxylic acids is 1. The Kier molecular flexibility index (Phi) is 96.5. The van der Waals surface area contributed by atoms with Gasteiger partial charge in [-0.3, -0.25) is 4.79 Å². The van der Waals surface area contributed by atoms with Crippen LogP contribution in [0.1, 0.15) is 64.7 Å². The summed E-state index contributed by atoms with van der Waals surface area (Å²) in [6.07, 6.45) is 10.1. The molecule has 0 aliphatic heterocycles. The Morgan fingerprint density at radius 2 is 1.00 bits per heavy atom. The van der Waals surface area contributed by atoms with E-state index in [2.05, 4.69) is 6.92 Å². The van der Waals surface area contributed by atoms with E-state index in [9.17, 15) is 4.79 Å². The van der Waals surface area contributed by atoms with Crippen molar-refractivity contribution in [2.75, 3.05) is 0 Å². The zero-order valence-corrected chi connectivity index (χ0v) is 34.4. The molecule has 0 bridgehead atoms. The summed E-state index contributed by atoms with van der Waals surface area (Å²) in [6.45, 7) is 2.22. The summed E-state index contributed by atoms with van der Waals surface area (Å²) < 4.78 is 0. The van der Waals surface area contributed by atoms with Gasteiger partial charge >= 0.3 is 5.97 Å². The first-order valence-corrected chi connectivity index (χ1v) is 5.49. The van der Waals surface area contributed by atoms with E-state index in [4.69, 9.17) is 5.11 Å². The van der Waals surface area contributed by atoms with Crippen LogP contribution in [0.3, 0.4) is 0 Å². The van der Waals surface area contributed by atoms with Crippen LogP contribution in [0, 0.1) is 248 Å². The van der Waals surface area contributed by atoms with Crippen LogP contribution in [0.2, 0.25) is 0 Å². The largest absolute Gasteiger partial charge is 0.481 e. The quantitative estimate of drug-likeness (QED) is 0.359. The zero-order valence-electron chi connectivity index (χ0n) is 12.2. The fourth-order valence-electron chi connectivity index (χ4n) is 1.41. The second-order valence-electron chi connectivity index (χ2n) is 3.62.